The van der Waals surface area contributed by atoms with Gasteiger partial charge in [-0.2, -0.15) is 0 Å². The molecule has 0 heterocycles. The maximum Gasteiger partial charge on any atom is 0.0732 e. The van der Waals surface area contributed by atoms with Crippen LogP contribution < -0.4 is 0 Å². The van der Waals surface area contributed by atoms with Crippen LogP contribution in [0.3, 0.4) is 0 Å². The van der Waals surface area contributed by atoms with Gasteiger partial charge in [0.2, 0.25) is 0 Å². The number of nitrogens with zero attached hydrogens (tertiary/aromatic N) is 1. The molecular weight excluding hydrogens is 86.1 g/mol. The summed E-state index contributed by atoms with van der Waals surface area (Å²) in [5, 5.41) is 0. The van der Waals surface area contributed by atoms with E-state index in [0.29, 0.717) is 12.0 Å². The minimum Gasteiger partial charge on any atom is -0.293 e. The van der Waals surface area contributed by atoms with Crippen LogP contribution >= 0.6 is 0 Å². The molecule has 1 aliphatic carbocycles. The molecule has 1 nitrogen and oxygen atoms in total. The predicted molar refractivity (Wildman–Crippen MR) is 31.6 cm³/mol. The SMILES string of the molecule is C=NC1C=CC1C. The van der Waals surface area contributed by atoms with E-state index in [2.05, 4.69) is 30.8 Å². The average Bonchev–Trinajstić information content (AvgIpc) is 1.65. The molecule has 0 amide bonds. The van der Waals surface area contributed by atoms with E-state index in [1.165, 1.54) is 0 Å². The second kappa shape index (κ2) is 1.49. The van der Waals surface area contributed by atoms with E-state index in [0.717, 1.165) is 0 Å². The van der Waals surface area contributed by atoms with Gasteiger partial charge in [0.05, 0.1) is 6.04 Å². The second-order valence-electron chi connectivity index (χ2n) is 1.92. The minimum atomic E-state index is 0.417. The Morgan fingerprint density at radius 3 is 2.29 bits per heavy atom. The van der Waals surface area contributed by atoms with Crippen LogP contribution in [-0.2, 0) is 0 Å². The standard InChI is InChI=1S/C6H9N/c1-5-3-4-6(5)7-2/h3-6H,2H2,1H3. The van der Waals surface area contributed by atoms with Crippen LogP contribution in [0.2, 0.25) is 0 Å². The smallest absolute Gasteiger partial charge is 0.0732 e. The van der Waals surface area contributed by atoms with Gasteiger partial charge in [0.25, 0.3) is 0 Å². The van der Waals surface area contributed by atoms with Crippen LogP contribution in [-0.4, -0.2) is 12.8 Å². The molecular formula is C6H9N. The molecule has 0 aliphatic heterocycles. The lowest BCUT2D eigenvalue weighted by Gasteiger charge is -2.20. The molecule has 0 fully saturated rings. The first-order valence-corrected chi connectivity index (χ1v) is 2.49. The molecule has 0 aromatic rings. The van der Waals surface area contributed by atoms with E-state index >= 15 is 0 Å². The van der Waals surface area contributed by atoms with Crippen molar-refractivity contribution in [2.24, 2.45) is 10.9 Å². The Kier molecular flexibility index (Phi) is 0.970. The first-order chi connectivity index (χ1) is 3.34. The summed E-state index contributed by atoms with van der Waals surface area (Å²) in [6.07, 6.45) is 4.21. The molecule has 0 radical (unpaired) electrons. The molecule has 38 valence electrons. The van der Waals surface area contributed by atoms with E-state index in [1.54, 1.807) is 0 Å². The molecule has 0 bridgehead atoms. The number of rotatable bonds is 1. The molecule has 0 aromatic carbocycles. The molecule has 1 heteroatoms. The number of hydrogen-bond acceptors (Lipinski definition) is 1. The van der Waals surface area contributed by atoms with Crippen LogP contribution in [0.15, 0.2) is 17.1 Å². The Balaban J connectivity index is 2.48. The Morgan fingerprint density at radius 1 is 1.57 bits per heavy atom. The molecule has 2 unspecified atom stereocenters. The summed E-state index contributed by atoms with van der Waals surface area (Å²) in [6.45, 7) is 5.57. The highest BCUT2D eigenvalue weighted by molar-refractivity contribution is 5.28. The predicted octanol–water partition coefficient (Wildman–Crippen LogP) is 1.26. The summed E-state index contributed by atoms with van der Waals surface area (Å²) in [4.78, 5) is 3.84. The van der Waals surface area contributed by atoms with E-state index in [9.17, 15) is 0 Å². The largest absolute Gasteiger partial charge is 0.293 e. The molecule has 0 saturated heterocycles. The fourth-order valence-electron chi connectivity index (χ4n) is 0.660. The third kappa shape index (κ3) is 0.581. The minimum absolute atomic E-state index is 0.417. The van der Waals surface area contributed by atoms with Crippen molar-refractivity contribution in [2.75, 3.05) is 0 Å². The van der Waals surface area contributed by atoms with Gasteiger partial charge in [-0.15, -0.1) is 0 Å². The topological polar surface area (TPSA) is 12.4 Å². The van der Waals surface area contributed by atoms with Crippen molar-refractivity contribution in [3.8, 4) is 0 Å². The summed E-state index contributed by atoms with van der Waals surface area (Å²) in [5.74, 6) is 0.637. The summed E-state index contributed by atoms with van der Waals surface area (Å²) in [5.41, 5.74) is 0. The zero-order valence-electron chi connectivity index (χ0n) is 4.46. The molecule has 1 aliphatic rings. The molecule has 7 heavy (non-hydrogen) atoms. The monoisotopic (exact) mass is 95.1 g/mol. The lowest BCUT2D eigenvalue weighted by Crippen LogP contribution is -2.18. The van der Waals surface area contributed by atoms with Crippen LogP contribution in [0.4, 0.5) is 0 Å². The van der Waals surface area contributed by atoms with Gasteiger partial charge in [0.1, 0.15) is 0 Å². The molecule has 2 atom stereocenters. The van der Waals surface area contributed by atoms with Gasteiger partial charge in [0.15, 0.2) is 0 Å². The Morgan fingerprint density at radius 2 is 2.29 bits per heavy atom. The molecule has 0 aromatic heterocycles. The summed E-state index contributed by atoms with van der Waals surface area (Å²) < 4.78 is 0. The molecule has 0 spiro atoms. The Bertz CT molecular complexity index is 105. The normalized spacial score (nSPS) is 37.3. The van der Waals surface area contributed by atoms with Crippen LogP contribution in [0.1, 0.15) is 6.92 Å². The van der Waals surface area contributed by atoms with Crippen LogP contribution in [0, 0.1) is 5.92 Å². The molecule has 0 saturated carbocycles. The van der Waals surface area contributed by atoms with Crippen molar-refractivity contribution in [1.29, 1.82) is 0 Å². The number of hydrogen-bond donors (Lipinski definition) is 0. The summed E-state index contributed by atoms with van der Waals surface area (Å²) in [6, 6.07) is 0.417. The lowest BCUT2D eigenvalue weighted by molar-refractivity contribution is 0.580. The molecule has 0 N–H and O–H groups in total. The third-order valence-corrected chi connectivity index (χ3v) is 1.36. The Labute approximate surface area is 43.8 Å². The van der Waals surface area contributed by atoms with Crippen LogP contribution in [0.25, 0.3) is 0 Å². The van der Waals surface area contributed by atoms with E-state index in [4.69, 9.17) is 0 Å². The highest BCUT2D eigenvalue weighted by Crippen LogP contribution is 2.18. The molecule has 1 rings (SSSR count). The van der Waals surface area contributed by atoms with Gasteiger partial charge in [-0.05, 0) is 12.6 Å². The lowest BCUT2D eigenvalue weighted by atomic mass is 9.92. The number of aliphatic imine (C=N–C) groups is 1. The fourth-order valence-corrected chi connectivity index (χ4v) is 0.660. The van der Waals surface area contributed by atoms with Gasteiger partial charge in [-0.1, -0.05) is 19.1 Å². The van der Waals surface area contributed by atoms with Gasteiger partial charge >= 0.3 is 0 Å². The third-order valence-electron chi connectivity index (χ3n) is 1.36. The van der Waals surface area contributed by atoms with Crippen molar-refractivity contribution in [1.82, 2.24) is 0 Å². The van der Waals surface area contributed by atoms with E-state index in [-0.39, 0.29) is 0 Å². The highest BCUT2D eigenvalue weighted by atomic mass is 14.8. The average molecular weight is 95.1 g/mol. The maximum atomic E-state index is 3.84. The second-order valence-corrected chi connectivity index (χ2v) is 1.92. The van der Waals surface area contributed by atoms with Gasteiger partial charge in [0, 0.05) is 0 Å². The first-order valence-electron chi connectivity index (χ1n) is 2.49. The quantitative estimate of drug-likeness (QED) is 0.343. The summed E-state index contributed by atoms with van der Waals surface area (Å²) >= 11 is 0. The van der Waals surface area contributed by atoms with Crippen molar-refractivity contribution in [2.45, 2.75) is 13.0 Å². The van der Waals surface area contributed by atoms with Gasteiger partial charge < -0.3 is 0 Å². The van der Waals surface area contributed by atoms with Crippen molar-refractivity contribution in [3.05, 3.63) is 12.2 Å². The fraction of sp³-hybridized carbons (Fsp3) is 0.500. The zero-order valence-corrected chi connectivity index (χ0v) is 4.46. The van der Waals surface area contributed by atoms with Crippen molar-refractivity contribution >= 4 is 6.72 Å². The summed E-state index contributed by atoms with van der Waals surface area (Å²) in [7, 11) is 0. The Hall–Kier alpha value is -0.590. The van der Waals surface area contributed by atoms with Crippen molar-refractivity contribution < 1.29 is 0 Å². The van der Waals surface area contributed by atoms with E-state index in [1.807, 2.05) is 0 Å². The van der Waals surface area contributed by atoms with Crippen molar-refractivity contribution in [3.63, 3.8) is 0 Å². The van der Waals surface area contributed by atoms with E-state index < -0.39 is 0 Å². The maximum absolute atomic E-state index is 3.84. The first kappa shape index (κ1) is 4.57. The van der Waals surface area contributed by atoms with Crippen LogP contribution in [0.5, 0.6) is 0 Å². The zero-order chi connectivity index (χ0) is 5.28. The van der Waals surface area contributed by atoms with Gasteiger partial charge in [-0.25, -0.2) is 0 Å². The van der Waals surface area contributed by atoms with Gasteiger partial charge in [-0.3, -0.25) is 4.99 Å². The highest BCUT2D eigenvalue weighted by Gasteiger charge is 2.15.